The topological polar surface area (TPSA) is 55.8 Å². The number of rotatable bonds is 11. The van der Waals surface area contributed by atoms with Crippen LogP contribution in [0.15, 0.2) is 91.1 Å². The van der Waals surface area contributed by atoms with Gasteiger partial charge in [-0.15, -0.1) is 0 Å². The molecule has 0 heterocycles. The number of carbonyl (C=O) groups excluding carboxylic acids is 2. The number of carbonyl (C=O) groups is 2. The molecule has 0 N–H and O–H groups in total. The van der Waals surface area contributed by atoms with Gasteiger partial charge in [0.2, 0.25) is 5.91 Å². The third-order valence-electron chi connectivity index (χ3n) is 5.43. The number of benzene rings is 2. The summed E-state index contributed by atoms with van der Waals surface area (Å²) in [4.78, 5) is 26.4. The SMILES string of the molecule is C=C(C)C(=O)N(Cc1ccc(OCC/C=C/C(=O)Oc2cc(C)cc(C)c2)cc1)CC1C=CC=C1. The smallest absolute Gasteiger partial charge is 0.335 e. The Morgan fingerprint density at radius 1 is 1.00 bits per heavy atom. The maximum absolute atomic E-state index is 12.6. The Morgan fingerprint density at radius 2 is 1.66 bits per heavy atom. The second kappa shape index (κ2) is 12.6. The molecule has 0 aliphatic heterocycles. The second-order valence-corrected chi connectivity index (χ2v) is 8.83. The standard InChI is InChI=1S/C30H33NO4/c1-22(2)30(33)31(20-25-9-5-6-10-25)21-26-12-14-27(15-13-26)34-16-8-7-11-29(32)35-28-18-23(3)17-24(4)19-28/h5-7,9-15,17-19,25H,1,8,16,20-21H2,2-4H3/b11-7+. The van der Waals surface area contributed by atoms with Crippen LogP contribution in [0.4, 0.5) is 0 Å². The van der Waals surface area contributed by atoms with Gasteiger partial charge in [-0.1, -0.05) is 55.2 Å². The van der Waals surface area contributed by atoms with Gasteiger partial charge in [0, 0.05) is 30.7 Å². The van der Waals surface area contributed by atoms with Gasteiger partial charge in [0.1, 0.15) is 11.5 Å². The number of hydrogen-bond donors (Lipinski definition) is 0. The van der Waals surface area contributed by atoms with E-state index in [1.165, 1.54) is 6.08 Å². The Balaban J connectivity index is 1.44. The van der Waals surface area contributed by atoms with Gasteiger partial charge in [-0.3, -0.25) is 4.79 Å². The van der Waals surface area contributed by atoms with Crippen LogP contribution in [-0.4, -0.2) is 29.9 Å². The number of ether oxygens (including phenoxy) is 2. The van der Waals surface area contributed by atoms with Crippen molar-refractivity contribution in [2.45, 2.75) is 33.7 Å². The lowest BCUT2D eigenvalue weighted by atomic mass is 10.1. The van der Waals surface area contributed by atoms with E-state index in [4.69, 9.17) is 9.47 Å². The zero-order valence-corrected chi connectivity index (χ0v) is 20.7. The highest BCUT2D eigenvalue weighted by Crippen LogP contribution is 2.19. The summed E-state index contributed by atoms with van der Waals surface area (Å²) in [6.07, 6.45) is 11.9. The van der Waals surface area contributed by atoms with Crippen molar-refractivity contribution in [2.24, 2.45) is 5.92 Å². The van der Waals surface area contributed by atoms with Crippen molar-refractivity contribution in [1.82, 2.24) is 4.90 Å². The normalized spacial score (nSPS) is 12.8. The van der Waals surface area contributed by atoms with Gasteiger partial charge in [-0.25, -0.2) is 4.79 Å². The molecule has 0 bridgehead atoms. The molecule has 0 aromatic heterocycles. The molecule has 2 aromatic rings. The second-order valence-electron chi connectivity index (χ2n) is 8.83. The van der Waals surface area contributed by atoms with E-state index in [1.807, 2.05) is 73.4 Å². The van der Waals surface area contributed by atoms with E-state index in [0.717, 1.165) is 22.4 Å². The van der Waals surface area contributed by atoms with Crippen molar-refractivity contribution in [3.63, 3.8) is 0 Å². The number of hydrogen-bond acceptors (Lipinski definition) is 4. The van der Waals surface area contributed by atoms with Gasteiger partial charge in [-0.2, -0.15) is 0 Å². The summed E-state index contributed by atoms with van der Waals surface area (Å²) >= 11 is 0. The van der Waals surface area contributed by atoms with Gasteiger partial charge in [0.25, 0.3) is 0 Å². The molecule has 1 aliphatic rings. The first-order chi connectivity index (χ1) is 16.8. The van der Waals surface area contributed by atoms with E-state index in [9.17, 15) is 9.59 Å². The molecule has 1 aliphatic carbocycles. The quantitative estimate of drug-likeness (QED) is 0.178. The molecule has 0 saturated carbocycles. The van der Waals surface area contributed by atoms with Gasteiger partial charge in [0.05, 0.1) is 6.61 Å². The number of amides is 1. The van der Waals surface area contributed by atoms with Crippen molar-refractivity contribution >= 4 is 11.9 Å². The predicted octanol–water partition coefficient (Wildman–Crippen LogP) is 5.88. The van der Waals surface area contributed by atoms with Crippen LogP contribution in [-0.2, 0) is 16.1 Å². The Hall–Kier alpha value is -3.86. The van der Waals surface area contributed by atoms with E-state index in [1.54, 1.807) is 13.0 Å². The lowest BCUT2D eigenvalue weighted by Gasteiger charge is -2.25. The maximum Gasteiger partial charge on any atom is 0.335 e. The highest BCUT2D eigenvalue weighted by atomic mass is 16.5. The first-order valence-corrected chi connectivity index (χ1v) is 11.8. The third kappa shape index (κ3) is 8.45. The minimum atomic E-state index is -0.406. The van der Waals surface area contributed by atoms with Crippen molar-refractivity contribution in [3.8, 4) is 11.5 Å². The summed E-state index contributed by atoms with van der Waals surface area (Å²) in [6.45, 7) is 11.1. The summed E-state index contributed by atoms with van der Waals surface area (Å²) in [7, 11) is 0. The number of aryl methyl sites for hydroxylation is 2. The summed E-state index contributed by atoms with van der Waals surface area (Å²) in [5.41, 5.74) is 3.65. The van der Waals surface area contributed by atoms with E-state index in [0.29, 0.717) is 37.4 Å². The average Bonchev–Trinajstić information content (AvgIpc) is 3.31. The molecule has 1 amide bonds. The first kappa shape index (κ1) is 25.8. The van der Waals surface area contributed by atoms with Crippen LogP contribution in [0.5, 0.6) is 11.5 Å². The molecular weight excluding hydrogens is 438 g/mol. The van der Waals surface area contributed by atoms with Gasteiger partial charge < -0.3 is 14.4 Å². The molecule has 2 aromatic carbocycles. The third-order valence-corrected chi connectivity index (χ3v) is 5.43. The predicted molar refractivity (Wildman–Crippen MR) is 139 cm³/mol. The number of nitrogens with zero attached hydrogens (tertiary/aromatic N) is 1. The molecule has 0 spiro atoms. The summed E-state index contributed by atoms with van der Waals surface area (Å²) in [6, 6.07) is 13.4. The average molecular weight is 472 g/mol. The molecular formula is C30H33NO4. The lowest BCUT2D eigenvalue weighted by molar-refractivity contribution is -0.129. The van der Waals surface area contributed by atoms with Crippen molar-refractivity contribution in [3.05, 3.63) is 108 Å². The van der Waals surface area contributed by atoms with E-state index in [-0.39, 0.29) is 11.8 Å². The lowest BCUT2D eigenvalue weighted by Crippen LogP contribution is -2.34. The molecule has 3 rings (SSSR count). The molecule has 0 saturated heterocycles. The number of esters is 1. The van der Waals surface area contributed by atoms with E-state index in [2.05, 4.69) is 18.7 Å². The molecule has 0 radical (unpaired) electrons. The fraction of sp³-hybridized carbons (Fsp3) is 0.267. The van der Waals surface area contributed by atoms with Crippen LogP contribution in [0.25, 0.3) is 0 Å². The molecule has 0 unspecified atom stereocenters. The highest BCUT2D eigenvalue weighted by molar-refractivity contribution is 5.92. The zero-order valence-electron chi connectivity index (χ0n) is 20.7. The van der Waals surface area contributed by atoms with Crippen molar-refractivity contribution < 1.29 is 19.1 Å². The maximum atomic E-state index is 12.6. The minimum Gasteiger partial charge on any atom is -0.493 e. The first-order valence-electron chi connectivity index (χ1n) is 11.8. The van der Waals surface area contributed by atoms with Crippen molar-refractivity contribution in [2.75, 3.05) is 13.2 Å². The summed E-state index contributed by atoms with van der Waals surface area (Å²) in [5, 5.41) is 0. The fourth-order valence-corrected chi connectivity index (χ4v) is 3.82. The van der Waals surface area contributed by atoms with Crippen LogP contribution < -0.4 is 9.47 Å². The van der Waals surface area contributed by atoms with Crippen LogP contribution in [0.3, 0.4) is 0 Å². The molecule has 0 fully saturated rings. The Morgan fingerprint density at radius 3 is 2.29 bits per heavy atom. The zero-order chi connectivity index (χ0) is 25.2. The largest absolute Gasteiger partial charge is 0.493 e. The Kier molecular flexibility index (Phi) is 9.24. The minimum absolute atomic E-state index is 0.0399. The van der Waals surface area contributed by atoms with Crippen LogP contribution in [0.1, 0.15) is 30.0 Å². The molecule has 182 valence electrons. The number of allylic oxidation sites excluding steroid dienone is 2. The molecule has 0 atom stereocenters. The van der Waals surface area contributed by atoms with Gasteiger partial charge in [-0.05, 0) is 68.1 Å². The molecule has 5 nitrogen and oxygen atoms in total. The van der Waals surface area contributed by atoms with Crippen LogP contribution in [0.2, 0.25) is 0 Å². The summed E-state index contributed by atoms with van der Waals surface area (Å²) < 4.78 is 11.1. The Bertz CT molecular complexity index is 1110. The van der Waals surface area contributed by atoms with E-state index >= 15 is 0 Å². The van der Waals surface area contributed by atoms with Crippen LogP contribution in [0, 0.1) is 19.8 Å². The Labute approximate surface area is 208 Å². The fourth-order valence-electron chi connectivity index (χ4n) is 3.82. The summed E-state index contributed by atoms with van der Waals surface area (Å²) in [5.74, 6) is 1.07. The van der Waals surface area contributed by atoms with Gasteiger partial charge >= 0.3 is 5.97 Å². The van der Waals surface area contributed by atoms with Gasteiger partial charge in [0.15, 0.2) is 0 Å². The highest BCUT2D eigenvalue weighted by Gasteiger charge is 2.18. The van der Waals surface area contributed by atoms with Crippen LogP contribution >= 0.6 is 0 Å². The van der Waals surface area contributed by atoms with E-state index < -0.39 is 5.97 Å². The molecule has 5 heteroatoms. The van der Waals surface area contributed by atoms with Crippen molar-refractivity contribution in [1.29, 1.82) is 0 Å². The molecule has 35 heavy (non-hydrogen) atoms. The monoisotopic (exact) mass is 471 g/mol.